The predicted octanol–water partition coefficient (Wildman–Crippen LogP) is 14.1. The molecule has 0 fully saturated rings. The second-order valence-electron chi connectivity index (χ2n) is 16.2. The van der Waals surface area contributed by atoms with Gasteiger partial charge in [-0.05, 0) is 77.5 Å². The molecule has 7 nitrogen and oxygen atoms in total. The van der Waals surface area contributed by atoms with E-state index in [9.17, 15) is 0 Å². The Labute approximate surface area is 352 Å². The number of para-hydroxylation sites is 4. The normalized spacial score (nSPS) is 14.6. The maximum absolute atomic E-state index is 6.74. The molecule has 1 atom stereocenters. The third-order valence-corrected chi connectivity index (χ3v) is 12.6. The molecule has 13 aromatic rings. The molecule has 9 aromatic carbocycles. The fraction of sp³-hybridized carbons (Fsp3) is 0.0182. The predicted molar refractivity (Wildman–Crippen MR) is 252 cm³/mol. The first-order valence-electron chi connectivity index (χ1n) is 20.8. The number of aromatic nitrogens is 1. The lowest BCUT2D eigenvalue weighted by molar-refractivity contribution is 0.654. The van der Waals surface area contributed by atoms with Gasteiger partial charge in [0.05, 0.1) is 22.1 Å². The number of hydrogen-bond donors (Lipinski definition) is 1. The van der Waals surface area contributed by atoms with Crippen molar-refractivity contribution in [2.45, 2.75) is 6.17 Å². The van der Waals surface area contributed by atoms with E-state index >= 15 is 0 Å². The zero-order valence-electron chi connectivity index (χ0n) is 33.0. The number of aliphatic imine (C=N–C) groups is 2. The lowest BCUT2D eigenvalue weighted by atomic mass is 10.0. The van der Waals surface area contributed by atoms with E-state index in [2.05, 4.69) is 143 Å². The number of fused-ring (bicyclic) bond motifs is 13. The van der Waals surface area contributed by atoms with Gasteiger partial charge in [0.15, 0.2) is 5.84 Å². The molecule has 14 rings (SSSR count). The van der Waals surface area contributed by atoms with Crippen LogP contribution in [0.3, 0.4) is 0 Å². The largest absolute Gasteiger partial charge is 0.456 e. The molecule has 5 heterocycles. The second kappa shape index (κ2) is 12.5. The first-order chi connectivity index (χ1) is 30.7. The molecule has 0 bridgehead atoms. The third kappa shape index (κ3) is 4.87. The van der Waals surface area contributed by atoms with Gasteiger partial charge >= 0.3 is 0 Å². The highest BCUT2D eigenvalue weighted by Gasteiger charge is 2.26. The topological polar surface area (TPSA) is 81.1 Å². The summed E-state index contributed by atoms with van der Waals surface area (Å²) in [7, 11) is 0. The van der Waals surface area contributed by atoms with E-state index in [-0.39, 0.29) is 0 Å². The highest BCUT2D eigenvalue weighted by atomic mass is 16.3. The molecule has 0 saturated heterocycles. The van der Waals surface area contributed by atoms with Gasteiger partial charge in [-0.2, -0.15) is 0 Å². The van der Waals surface area contributed by atoms with Crippen LogP contribution in [0.15, 0.2) is 205 Å². The van der Waals surface area contributed by atoms with E-state index in [0.29, 0.717) is 11.7 Å². The molecular formula is C55H32N4O3. The Bertz CT molecular complexity index is 4100. The quantitative estimate of drug-likeness (QED) is 0.192. The van der Waals surface area contributed by atoms with Gasteiger partial charge in [-0.15, -0.1) is 0 Å². The van der Waals surface area contributed by atoms with Crippen molar-refractivity contribution in [1.29, 1.82) is 0 Å². The minimum atomic E-state index is -0.490. The molecule has 1 unspecified atom stereocenters. The lowest BCUT2D eigenvalue weighted by Crippen LogP contribution is -2.33. The average molecular weight is 797 g/mol. The van der Waals surface area contributed by atoms with Crippen LogP contribution < -0.4 is 5.32 Å². The number of benzene rings is 9. The number of furan rings is 3. The zero-order valence-corrected chi connectivity index (χ0v) is 33.0. The van der Waals surface area contributed by atoms with E-state index in [1.54, 1.807) is 0 Å². The monoisotopic (exact) mass is 796 g/mol. The highest BCUT2D eigenvalue weighted by molar-refractivity contribution is 6.20. The van der Waals surface area contributed by atoms with Crippen LogP contribution in [-0.2, 0) is 0 Å². The summed E-state index contributed by atoms with van der Waals surface area (Å²) in [5, 5.41) is 14.9. The van der Waals surface area contributed by atoms with Crippen LogP contribution in [0.25, 0.3) is 104 Å². The fourth-order valence-electron chi connectivity index (χ4n) is 9.73. The van der Waals surface area contributed by atoms with Crippen molar-refractivity contribution in [3.63, 3.8) is 0 Å². The van der Waals surface area contributed by atoms with Crippen molar-refractivity contribution in [1.82, 2.24) is 9.88 Å². The summed E-state index contributed by atoms with van der Waals surface area (Å²) >= 11 is 0. The van der Waals surface area contributed by atoms with E-state index < -0.39 is 6.17 Å². The Morgan fingerprint density at radius 2 is 1.00 bits per heavy atom. The van der Waals surface area contributed by atoms with Crippen molar-refractivity contribution in [2.75, 3.05) is 0 Å². The zero-order chi connectivity index (χ0) is 40.5. The van der Waals surface area contributed by atoms with Crippen LogP contribution >= 0.6 is 0 Å². The number of nitrogens with one attached hydrogen (secondary N) is 1. The van der Waals surface area contributed by atoms with Crippen LogP contribution in [0.2, 0.25) is 0 Å². The highest BCUT2D eigenvalue weighted by Crippen LogP contribution is 2.41. The first-order valence-corrected chi connectivity index (χ1v) is 20.8. The standard InChI is InChI=1S/C55H32N4O3/c1-2-12-32-26-44-42(25-31(32)11-1)36-13-3-7-17-43(36)59(44)45-27-35(30-51-52(45)41-16-6-10-20-48(41)62-51)55-57-53(33-21-23-39-37-14-4-8-18-46(37)60-49(39)28-33)56-54(58-55)34-22-24-40-38-15-5-9-19-47(38)61-50(40)29-34/h1-30,53H,(H,56,57,58). The summed E-state index contributed by atoms with van der Waals surface area (Å²) in [4.78, 5) is 10.6. The van der Waals surface area contributed by atoms with E-state index in [1.165, 1.54) is 21.5 Å². The van der Waals surface area contributed by atoms with Crippen LogP contribution in [0.4, 0.5) is 0 Å². The van der Waals surface area contributed by atoms with Crippen molar-refractivity contribution in [2.24, 2.45) is 9.98 Å². The molecule has 290 valence electrons. The lowest BCUT2D eigenvalue weighted by Gasteiger charge is -2.24. The molecule has 62 heavy (non-hydrogen) atoms. The molecular weight excluding hydrogens is 765 g/mol. The third-order valence-electron chi connectivity index (χ3n) is 12.6. The smallest absolute Gasteiger partial charge is 0.159 e. The maximum atomic E-state index is 6.74. The summed E-state index contributed by atoms with van der Waals surface area (Å²) in [6.07, 6.45) is -0.490. The molecule has 0 spiro atoms. The minimum Gasteiger partial charge on any atom is -0.456 e. The molecule has 0 aliphatic carbocycles. The number of nitrogens with zero attached hydrogens (tertiary/aromatic N) is 3. The molecule has 0 saturated carbocycles. The summed E-state index contributed by atoms with van der Waals surface area (Å²) in [5.74, 6) is 1.26. The van der Waals surface area contributed by atoms with E-state index in [0.717, 1.165) is 99.2 Å². The Balaban J connectivity index is 1.01. The SMILES string of the molecule is c1ccc2cc3c(cc2c1)c1ccccc1n3-c1cc(C2=NC(c3ccc4c(c3)oc3ccccc34)=NC(c3ccc4c(c3)oc3ccccc34)N2)cc2oc3ccccc3c12. The van der Waals surface area contributed by atoms with Crippen molar-refractivity contribution in [3.05, 3.63) is 199 Å². The molecule has 1 aliphatic rings. The van der Waals surface area contributed by atoms with Crippen LogP contribution in [-0.4, -0.2) is 16.2 Å². The second-order valence-corrected chi connectivity index (χ2v) is 16.2. The molecule has 0 amide bonds. The van der Waals surface area contributed by atoms with Gasteiger partial charge in [-0.3, -0.25) is 0 Å². The molecule has 1 N–H and O–H groups in total. The van der Waals surface area contributed by atoms with Gasteiger partial charge in [-0.1, -0.05) is 115 Å². The van der Waals surface area contributed by atoms with E-state index in [1.807, 2.05) is 48.5 Å². The maximum Gasteiger partial charge on any atom is 0.159 e. The van der Waals surface area contributed by atoms with Crippen molar-refractivity contribution >= 4 is 110 Å². The first kappa shape index (κ1) is 33.4. The molecule has 0 radical (unpaired) electrons. The molecule has 1 aliphatic heterocycles. The number of amidine groups is 2. The van der Waals surface area contributed by atoms with Gasteiger partial charge in [0, 0.05) is 54.4 Å². The van der Waals surface area contributed by atoms with Crippen LogP contribution in [0.1, 0.15) is 22.9 Å². The van der Waals surface area contributed by atoms with Gasteiger partial charge in [0.25, 0.3) is 0 Å². The van der Waals surface area contributed by atoms with Crippen LogP contribution in [0, 0.1) is 0 Å². The Hall–Kier alpha value is -8.42. The summed E-state index contributed by atoms with van der Waals surface area (Å²) in [6.45, 7) is 0. The van der Waals surface area contributed by atoms with E-state index in [4.69, 9.17) is 23.2 Å². The van der Waals surface area contributed by atoms with Crippen molar-refractivity contribution < 1.29 is 13.3 Å². The van der Waals surface area contributed by atoms with Gasteiger partial charge in [0.1, 0.15) is 45.5 Å². The Kier molecular flexibility index (Phi) is 6.76. The molecule has 4 aromatic heterocycles. The van der Waals surface area contributed by atoms with Crippen molar-refractivity contribution in [3.8, 4) is 5.69 Å². The number of rotatable bonds is 4. The Morgan fingerprint density at radius 3 is 1.77 bits per heavy atom. The summed E-state index contributed by atoms with van der Waals surface area (Å²) in [5.41, 5.74) is 10.8. The fourth-order valence-corrected chi connectivity index (χ4v) is 9.73. The minimum absolute atomic E-state index is 0.490. The molecule has 7 heteroatoms. The summed E-state index contributed by atoms with van der Waals surface area (Å²) in [6, 6.07) is 63.4. The number of hydrogen-bond acceptors (Lipinski definition) is 6. The Morgan fingerprint density at radius 1 is 0.419 bits per heavy atom. The average Bonchev–Trinajstić information content (AvgIpc) is 4.08. The van der Waals surface area contributed by atoms with Gasteiger partial charge in [0.2, 0.25) is 0 Å². The van der Waals surface area contributed by atoms with Gasteiger partial charge < -0.3 is 23.1 Å². The van der Waals surface area contributed by atoms with Crippen LogP contribution in [0.5, 0.6) is 0 Å². The van der Waals surface area contributed by atoms with Gasteiger partial charge in [-0.25, -0.2) is 9.98 Å². The summed E-state index contributed by atoms with van der Waals surface area (Å²) < 4.78 is 21.9.